The molecule has 1 aromatic heterocycles. The molecule has 4 rings (SSSR count). The van der Waals surface area contributed by atoms with Crippen molar-refractivity contribution in [2.75, 3.05) is 0 Å². The van der Waals surface area contributed by atoms with Crippen LogP contribution < -0.4 is 10.6 Å². The van der Waals surface area contributed by atoms with E-state index in [9.17, 15) is 19.1 Å². The summed E-state index contributed by atoms with van der Waals surface area (Å²) >= 11 is 3.41. The van der Waals surface area contributed by atoms with Gasteiger partial charge in [0.15, 0.2) is 0 Å². The van der Waals surface area contributed by atoms with Crippen molar-refractivity contribution >= 4 is 27.7 Å². The van der Waals surface area contributed by atoms with Crippen LogP contribution in [0.5, 0.6) is 0 Å². The molecule has 3 N–H and O–H groups in total. The van der Waals surface area contributed by atoms with Crippen molar-refractivity contribution in [1.82, 2.24) is 20.6 Å². The highest BCUT2D eigenvalue weighted by atomic mass is 79.9. The lowest BCUT2D eigenvalue weighted by Crippen LogP contribution is -2.34. The Bertz CT molecular complexity index is 1200. The number of halogens is 2. The Kier molecular flexibility index (Phi) is 6.29. The molecule has 9 heteroatoms. The van der Waals surface area contributed by atoms with Gasteiger partial charge in [0.2, 0.25) is 0 Å². The van der Waals surface area contributed by atoms with Crippen molar-refractivity contribution in [1.29, 1.82) is 0 Å². The van der Waals surface area contributed by atoms with Crippen LogP contribution in [0, 0.1) is 12.7 Å². The summed E-state index contributed by atoms with van der Waals surface area (Å²) in [6.45, 7) is 1.83. The fourth-order valence-electron chi connectivity index (χ4n) is 3.69. The Morgan fingerprint density at radius 1 is 1.12 bits per heavy atom. The maximum absolute atomic E-state index is 13.4. The quantitative estimate of drug-likeness (QED) is 0.501. The van der Waals surface area contributed by atoms with E-state index < -0.39 is 24.0 Å². The van der Waals surface area contributed by atoms with Crippen LogP contribution in [0.4, 0.5) is 4.39 Å². The van der Waals surface area contributed by atoms with Gasteiger partial charge in [0.1, 0.15) is 23.5 Å². The second-order valence-corrected chi connectivity index (χ2v) is 8.54. The molecule has 1 aliphatic rings. The monoisotopic (exact) mass is 498 g/mol. The predicted molar refractivity (Wildman–Crippen MR) is 118 cm³/mol. The third-order valence-electron chi connectivity index (χ3n) is 5.35. The van der Waals surface area contributed by atoms with Gasteiger partial charge in [-0.2, -0.15) is 0 Å². The van der Waals surface area contributed by atoms with Crippen molar-refractivity contribution in [2.45, 2.75) is 32.0 Å². The second kappa shape index (κ2) is 9.13. The van der Waals surface area contributed by atoms with E-state index in [1.165, 1.54) is 12.1 Å². The van der Waals surface area contributed by atoms with E-state index in [4.69, 9.17) is 0 Å². The van der Waals surface area contributed by atoms with Crippen LogP contribution in [0.1, 0.15) is 49.3 Å². The summed E-state index contributed by atoms with van der Waals surface area (Å²) in [7, 11) is 0. The number of hydrogen-bond acceptors (Lipinski definition) is 5. The summed E-state index contributed by atoms with van der Waals surface area (Å²) in [4.78, 5) is 33.1. The molecule has 0 aliphatic heterocycles. The standard InChI is InChI=1S/C23H20BrFN4O3/c1-12-6-13(2-5-17(12)25)10-26-22(31)18-9-19(28-11-27-18)23(32)29-21-16-4-3-15(24)7-14(16)8-20(21)30/h2-7,9,11,20-21,30H,8,10H2,1H3,(H,26,31)(H,29,32)/t20-,21-/m0/s1. The number of amides is 2. The number of fused-ring (bicyclic) bond motifs is 1. The lowest BCUT2D eigenvalue weighted by atomic mass is 10.1. The number of aliphatic hydroxyl groups is 1. The number of hydrogen-bond donors (Lipinski definition) is 3. The summed E-state index contributed by atoms with van der Waals surface area (Å²) in [5, 5.41) is 15.9. The molecule has 0 bridgehead atoms. The van der Waals surface area contributed by atoms with Crippen LogP contribution in [-0.2, 0) is 13.0 Å². The van der Waals surface area contributed by atoms with E-state index in [-0.39, 0.29) is 23.7 Å². The first-order chi connectivity index (χ1) is 15.3. The van der Waals surface area contributed by atoms with E-state index >= 15 is 0 Å². The van der Waals surface area contributed by atoms with Crippen molar-refractivity contribution < 1.29 is 19.1 Å². The van der Waals surface area contributed by atoms with Crippen molar-refractivity contribution in [3.05, 3.63) is 92.7 Å². The van der Waals surface area contributed by atoms with Gasteiger partial charge < -0.3 is 15.7 Å². The Balaban J connectivity index is 1.44. The second-order valence-electron chi connectivity index (χ2n) is 7.62. The van der Waals surface area contributed by atoms with Gasteiger partial charge in [-0.05, 0) is 47.4 Å². The topological polar surface area (TPSA) is 104 Å². The van der Waals surface area contributed by atoms with Gasteiger partial charge in [0, 0.05) is 23.5 Å². The first-order valence-corrected chi connectivity index (χ1v) is 10.7. The van der Waals surface area contributed by atoms with Crippen molar-refractivity contribution in [2.24, 2.45) is 0 Å². The van der Waals surface area contributed by atoms with Gasteiger partial charge in [0.25, 0.3) is 11.8 Å². The Morgan fingerprint density at radius 3 is 2.62 bits per heavy atom. The van der Waals surface area contributed by atoms with E-state index in [1.54, 1.807) is 19.1 Å². The first kappa shape index (κ1) is 22.0. The Hall–Kier alpha value is -3.17. The maximum atomic E-state index is 13.4. The lowest BCUT2D eigenvalue weighted by molar-refractivity contribution is 0.0853. The molecule has 0 saturated heterocycles. The molecule has 0 saturated carbocycles. The van der Waals surface area contributed by atoms with Crippen molar-refractivity contribution in [3.63, 3.8) is 0 Å². The highest BCUT2D eigenvalue weighted by Gasteiger charge is 2.32. The highest BCUT2D eigenvalue weighted by Crippen LogP contribution is 2.33. The summed E-state index contributed by atoms with van der Waals surface area (Å²) in [5.74, 6) is -1.32. The van der Waals surface area contributed by atoms with Gasteiger partial charge in [-0.1, -0.05) is 34.1 Å². The largest absolute Gasteiger partial charge is 0.390 e. The molecular weight excluding hydrogens is 479 g/mol. The van der Waals surface area contributed by atoms with Gasteiger partial charge >= 0.3 is 0 Å². The molecule has 164 valence electrons. The minimum Gasteiger partial charge on any atom is -0.390 e. The molecule has 1 aliphatic carbocycles. The zero-order valence-corrected chi connectivity index (χ0v) is 18.7. The summed E-state index contributed by atoms with van der Waals surface area (Å²) < 4.78 is 14.3. The molecule has 32 heavy (non-hydrogen) atoms. The van der Waals surface area contributed by atoms with E-state index in [2.05, 4.69) is 36.5 Å². The molecule has 0 unspecified atom stereocenters. The number of nitrogens with zero attached hydrogens (tertiary/aromatic N) is 2. The number of aliphatic hydroxyl groups excluding tert-OH is 1. The fourth-order valence-corrected chi connectivity index (χ4v) is 4.10. The minimum atomic E-state index is -0.757. The smallest absolute Gasteiger partial charge is 0.270 e. The molecule has 3 aromatic rings. The highest BCUT2D eigenvalue weighted by molar-refractivity contribution is 9.10. The van der Waals surface area contributed by atoms with Crippen LogP contribution in [0.2, 0.25) is 0 Å². The van der Waals surface area contributed by atoms with E-state index in [1.807, 2.05) is 18.2 Å². The molecule has 0 spiro atoms. The normalized spacial score (nSPS) is 17.0. The van der Waals surface area contributed by atoms with Crippen molar-refractivity contribution in [3.8, 4) is 0 Å². The fraction of sp³-hybridized carbons (Fsp3) is 0.217. The van der Waals surface area contributed by atoms with Crippen LogP contribution in [0.3, 0.4) is 0 Å². The number of rotatable bonds is 5. The summed E-state index contributed by atoms with van der Waals surface area (Å²) in [6, 6.07) is 10.9. The average Bonchev–Trinajstić information content (AvgIpc) is 3.08. The molecule has 2 aromatic carbocycles. The third-order valence-corrected chi connectivity index (χ3v) is 5.84. The van der Waals surface area contributed by atoms with Gasteiger partial charge in [-0.25, -0.2) is 14.4 Å². The molecule has 7 nitrogen and oxygen atoms in total. The number of aromatic nitrogens is 2. The van der Waals surface area contributed by atoms with Crippen LogP contribution in [0.15, 0.2) is 53.3 Å². The number of carbonyl (C=O) groups excluding carboxylic acids is 2. The SMILES string of the molecule is Cc1cc(CNC(=O)c2cc(C(=O)N[C@H]3c4ccc(Br)cc4C[C@@H]3O)ncn2)ccc1F. The zero-order chi connectivity index (χ0) is 22.8. The Labute approximate surface area is 192 Å². The van der Waals surface area contributed by atoms with Crippen LogP contribution in [-0.4, -0.2) is 33.0 Å². The number of nitrogens with one attached hydrogen (secondary N) is 2. The lowest BCUT2D eigenvalue weighted by Gasteiger charge is -2.17. The zero-order valence-electron chi connectivity index (χ0n) is 17.1. The average molecular weight is 499 g/mol. The summed E-state index contributed by atoms with van der Waals surface area (Å²) in [5.41, 5.74) is 3.07. The molecule has 0 fully saturated rings. The van der Waals surface area contributed by atoms with E-state index in [0.29, 0.717) is 12.0 Å². The predicted octanol–water partition coefficient (Wildman–Crippen LogP) is 3.00. The molecule has 1 heterocycles. The maximum Gasteiger partial charge on any atom is 0.270 e. The van der Waals surface area contributed by atoms with Crippen LogP contribution in [0.25, 0.3) is 0 Å². The van der Waals surface area contributed by atoms with Gasteiger partial charge in [-0.3, -0.25) is 9.59 Å². The molecule has 0 radical (unpaired) electrons. The number of benzene rings is 2. The first-order valence-electron chi connectivity index (χ1n) is 9.94. The molecule has 2 amide bonds. The summed E-state index contributed by atoms with van der Waals surface area (Å²) in [6.07, 6.45) is 0.814. The third kappa shape index (κ3) is 4.68. The number of aryl methyl sites for hydroxylation is 1. The van der Waals surface area contributed by atoms with E-state index in [0.717, 1.165) is 27.5 Å². The minimum absolute atomic E-state index is 0.0144. The van der Waals surface area contributed by atoms with Gasteiger partial charge in [-0.15, -0.1) is 0 Å². The number of carbonyl (C=O) groups is 2. The van der Waals surface area contributed by atoms with Gasteiger partial charge in [0.05, 0.1) is 12.1 Å². The molecule has 2 atom stereocenters. The Morgan fingerprint density at radius 2 is 1.88 bits per heavy atom. The molecular formula is C23H20BrFN4O3. The van der Waals surface area contributed by atoms with Crippen LogP contribution >= 0.6 is 15.9 Å².